The van der Waals surface area contributed by atoms with E-state index in [0.717, 1.165) is 5.71 Å². The SMILES string of the molecule is C=Nc1scnc1C(CCN1C(=O)CCCC1=O)=NC. The van der Waals surface area contributed by atoms with E-state index in [4.69, 9.17) is 0 Å². The number of hydrogen-bond acceptors (Lipinski definition) is 6. The molecule has 7 heteroatoms. The first-order valence-corrected chi connectivity index (χ1v) is 7.24. The average molecular weight is 292 g/mol. The van der Waals surface area contributed by atoms with Crippen LogP contribution >= 0.6 is 11.3 Å². The van der Waals surface area contributed by atoms with Gasteiger partial charge in [0.25, 0.3) is 0 Å². The summed E-state index contributed by atoms with van der Waals surface area (Å²) in [6.07, 6.45) is 2.03. The summed E-state index contributed by atoms with van der Waals surface area (Å²) in [6, 6.07) is 0. The molecule has 0 N–H and O–H groups in total. The van der Waals surface area contributed by atoms with Crippen molar-refractivity contribution >= 4 is 40.6 Å². The normalized spacial score (nSPS) is 16.6. The highest BCUT2D eigenvalue weighted by atomic mass is 32.1. The van der Waals surface area contributed by atoms with Gasteiger partial charge < -0.3 is 0 Å². The molecule has 1 saturated heterocycles. The lowest BCUT2D eigenvalue weighted by molar-refractivity contribution is -0.147. The van der Waals surface area contributed by atoms with Gasteiger partial charge in [-0.2, -0.15) is 0 Å². The van der Waals surface area contributed by atoms with E-state index in [2.05, 4.69) is 21.7 Å². The van der Waals surface area contributed by atoms with Crippen LogP contribution in [0.25, 0.3) is 0 Å². The monoisotopic (exact) mass is 292 g/mol. The van der Waals surface area contributed by atoms with Gasteiger partial charge in [0.15, 0.2) is 0 Å². The fourth-order valence-electron chi connectivity index (χ4n) is 2.15. The first-order chi connectivity index (χ1) is 9.67. The zero-order valence-electron chi connectivity index (χ0n) is 11.3. The lowest BCUT2D eigenvalue weighted by Crippen LogP contribution is -2.41. The predicted molar refractivity (Wildman–Crippen MR) is 79.0 cm³/mol. The number of amides is 2. The van der Waals surface area contributed by atoms with Crippen LogP contribution in [0, 0.1) is 0 Å². The number of nitrogens with zero attached hydrogens (tertiary/aromatic N) is 4. The number of carbonyl (C=O) groups excluding carboxylic acids is 2. The zero-order valence-corrected chi connectivity index (χ0v) is 12.2. The maximum absolute atomic E-state index is 11.7. The molecule has 2 amide bonds. The van der Waals surface area contributed by atoms with E-state index in [0.29, 0.717) is 42.9 Å². The van der Waals surface area contributed by atoms with E-state index in [1.807, 2.05) is 0 Å². The summed E-state index contributed by atoms with van der Waals surface area (Å²) in [5.74, 6) is -0.200. The molecule has 0 saturated carbocycles. The van der Waals surface area contributed by atoms with Gasteiger partial charge in [0.1, 0.15) is 10.7 Å². The van der Waals surface area contributed by atoms with Gasteiger partial charge in [-0.1, -0.05) is 0 Å². The van der Waals surface area contributed by atoms with Crippen molar-refractivity contribution in [1.82, 2.24) is 9.88 Å². The number of rotatable bonds is 5. The molecule has 2 rings (SSSR count). The lowest BCUT2D eigenvalue weighted by atomic mass is 10.1. The fourth-order valence-corrected chi connectivity index (χ4v) is 2.77. The predicted octanol–water partition coefficient (Wildman–Crippen LogP) is 1.82. The molecule has 20 heavy (non-hydrogen) atoms. The number of thiazole rings is 1. The Bertz CT molecular complexity index is 548. The third-order valence-electron chi connectivity index (χ3n) is 3.19. The van der Waals surface area contributed by atoms with Crippen molar-refractivity contribution in [1.29, 1.82) is 0 Å². The van der Waals surface area contributed by atoms with E-state index in [9.17, 15) is 9.59 Å². The van der Waals surface area contributed by atoms with E-state index < -0.39 is 0 Å². The Labute approximate surface area is 121 Å². The van der Waals surface area contributed by atoms with Crippen molar-refractivity contribution < 1.29 is 9.59 Å². The molecule has 0 aliphatic carbocycles. The summed E-state index contributed by atoms with van der Waals surface area (Å²) < 4.78 is 0. The second-order valence-electron chi connectivity index (χ2n) is 4.38. The summed E-state index contributed by atoms with van der Waals surface area (Å²) in [5, 5.41) is 0.710. The molecule has 0 atom stereocenters. The minimum atomic E-state index is -0.1000. The van der Waals surface area contributed by atoms with Crippen LogP contribution in [0.5, 0.6) is 0 Å². The molecule has 1 fully saturated rings. The lowest BCUT2D eigenvalue weighted by Gasteiger charge is -2.24. The van der Waals surface area contributed by atoms with E-state index >= 15 is 0 Å². The molecule has 0 unspecified atom stereocenters. The van der Waals surface area contributed by atoms with Crippen LogP contribution in [-0.4, -0.2) is 47.7 Å². The quantitative estimate of drug-likeness (QED) is 0.613. The highest BCUT2D eigenvalue weighted by Gasteiger charge is 2.26. The molecule has 6 nitrogen and oxygen atoms in total. The molecule has 1 aliphatic heterocycles. The van der Waals surface area contributed by atoms with Crippen molar-refractivity contribution in [3.05, 3.63) is 11.2 Å². The average Bonchev–Trinajstić information content (AvgIpc) is 2.90. The smallest absolute Gasteiger partial charge is 0.229 e. The Morgan fingerprint density at radius 3 is 2.75 bits per heavy atom. The second-order valence-corrected chi connectivity index (χ2v) is 5.21. The number of hydrogen-bond donors (Lipinski definition) is 0. The third-order valence-corrected chi connectivity index (χ3v) is 3.95. The van der Waals surface area contributed by atoms with Gasteiger partial charge in [0.05, 0.1) is 11.2 Å². The van der Waals surface area contributed by atoms with Gasteiger partial charge in [0, 0.05) is 32.9 Å². The molecule has 0 spiro atoms. The summed E-state index contributed by atoms with van der Waals surface area (Å²) >= 11 is 1.39. The van der Waals surface area contributed by atoms with Crippen LogP contribution in [0.2, 0.25) is 0 Å². The van der Waals surface area contributed by atoms with Crippen LogP contribution in [0.4, 0.5) is 5.00 Å². The number of aromatic nitrogens is 1. The first-order valence-electron chi connectivity index (χ1n) is 6.36. The summed E-state index contributed by atoms with van der Waals surface area (Å²) in [5.41, 5.74) is 3.10. The van der Waals surface area contributed by atoms with Crippen LogP contribution in [0.1, 0.15) is 31.4 Å². The standard InChI is InChI=1S/C13H16N4O2S/c1-14-9(12-13(15-2)20-8-16-12)6-7-17-10(18)4-3-5-11(17)19/h8H,2-7H2,1H3. The number of imide groups is 1. The van der Waals surface area contributed by atoms with Gasteiger partial charge in [0.2, 0.25) is 11.8 Å². The highest BCUT2D eigenvalue weighted by Crippen LogP contribution is 2.25. The number of piperidine rings is 1. The molecule has 2 heterocycles. The second kappa shape index (κ2) is 6.51. The van der Waals surface area contributed by atoms with Gasteiger partial charge >= 0.3 is 0 Å². The van der Waals surface area contributed by atoms with Gasteiger partial charge in [-0.15, -0.1) is 11.3 Å². The minimum Gasteiger partial charge on any atom is -0.291 e. The van der Waals surface area contributed by atoms with Crippen molar-refractivity contribution in [3.63, 3.8) is 0 Å². The first kappa shape index (κ1) is 14.5. The van der Waals surface area contributed by atoms with Crippen molar-refractivity contribution in [3.8, 4) is 0 Å². The summed E-state index contributed by atoms with van der Waals surface area (Å²) in [7, 11) is 1.67. The van der Waals surface area contributed by atoms with Crippen LogP contribution < -0.4 is 0 Å². The molecule has 0 bridgehead atoms. The third kappa shape index (κ3) is 2.98. The molecule has 1 aromatic rings. The van der Waals surface area contributed by atoms with Crippen molar-refractivity contribution in [2.24, 2.45) is 9.98 Å². The molecular formula is C13H16N4O2S. The maximum Gasteiger partial charge on any atom is 0.229 e. The van der Waals surface area contributed by atoms with E-state index in [1.165, 1.54) is 16.2 Å². The summed E-state index contributed by atoms with van der Waals surface area (Å²) in [4.78, 5) is 37.1. The Balaban J connectivity index is 2.06. The van der Waals surface area contributed by atoms with Gasteiger partial charge in [-0.3, -0.25) is 24.5 Å². The number of carbonyl (C=O) groups is 2. The zero-order chi connectivity index (χ0) is 14.5. The Morgan fingerprint density at radius 1 is 1.45 bits per heavy atom. The minimum absolute atomic E-state index is 0.1000. The fraction of sp³-hybridized carbons (Fsp3) is 0.462. The van der Waals surface area contributed by atoms with Gasteiger partial charge in [-0.25, -0.2) is 4.98 Å². The Kier molecular flexibility index (Phi) is 4.73. The Morgan fingerprint density at radius 2 is 2.15 bits per heavy atom. The highest BCUT2D eigenvalue weighted by molar-refractivity contribution is 7.14. The van der Waals surface area contributed by atoms with Crippen LogP contribution in [-0.2, 0) is 9.59 Å². The van der Waals surface area contributed by atoms with Crippen LogP contribution in [0.15, 0.2) is 15.5 Å². The van der Waals surface area contributed by atoms with Crippen molar-refractivity contribution in [2.75, 3.05) is 13.6 Å². The largest absolute Gasteiger partial charge is 0.291 e. The maximum atomic E-state index is 11.7. The molecule has 0 aromatic carbocycles. The van der Waals surface area contributed by atoms with E-state index in [-0.39, 0.29) is 11.8 Å². The molecule has 1 aliphatic rings. The molecule has 0 radical (unpaired) electrons. The summed E-state index contributed by atoms with van der Waals surface area (Å²) in [6.45, 7) is 3.85. The topological polar surface area (TPSA) is 75.0 Å². The van der Waals surface area contributed by atoms with Gasteiger partial charge in [-0.05, 0) is 13.1 Å². The van der Waals surface area contributed by atoms with Crippen LogP contribution in [0.3, 0.4) is 0 Å². The van der Waals surface area contributed by atoms with E-state index in [1.54, 1.807) is 12.6 Å². The molecular weight excluding hydrogens is 276 g/mol. The van der Waals surface area contributed by atoms with Crippen molar-refractivity contribution in [2.45, 2.75) is 25.7 Å². The Hall–Kier alpha value is -1.89. The number of aliphatic imine (C=N–C) groups is 2. The molecule has 1 aromatic heterocycles. The molecule has 106 valence electrons. The number of likely N-dealkylation sites (tertiary alicyclic amines) is 1.